The van der Waals surface area contributed by atoms with Gasteiger partial charge in [-0.05, 0) is 37.2 Å². The highest BCUT2D eigenvalue weighted by Gasteiger charge is 2.37. The molecule has 0 aliphatic carbocycles. The van der Waals surface area contributed by atoms with Gasteiger partial charge in [0.2, 0.25) is 0 Å². The van der Waals surface area contributed by atoms with Gasteiger partial charge < -0.3 is 14.4 Å². The second-order valence-corrected chi connectivity index (χ2v) is 8.07. The number of ether oxygens (including phenoxy) is 2. The number of carbonyl (C=O) groups is 3. The summed E-state index contributed by atoms with van der Waals surface area (Å²) in [4.78, 5) is 50.8. The summed E-state index contributed by atoms with van der Waals surface area (Å²) in [6.45, 7) is 5.34. The lowest BCUT2D eigenvalue weighted by Crippen LogP contribution is -2.36. The van der Waals surface area contributed by atoms with Crippen molar-refractivity contribution in [1.82, 2.24) is 4.90 Å². The summed E-state index contributed by atoms with van der Waals surface area (Å²) in [6.07, 6.45) is 1.76. The molecule has 2 saturated heterocycles. The number of imide groups is 1. The number of anilines is 1. The molecule has 2 aliphatic heterocycles. The average Bonchev–Trinajstić information content (AvgIpc) is 3.01. The molecule has 10 nitrogen and oxygen atoms in total. The van der Waals surface area contributed by atoms with Crippen molar-refractivity contribution in [2.24, 2.45) is 0 Å². The second kappa shape index (κ2) is 9.92. The summed E-state index contributed by atoms with van der Waals surface area (Å²) in [6, 6.07) is 4.40. The van der Waals surface area contributed by atoms with Crippen LogP contribution in [0.15, 0.2) is 23.1 Å². The quantitative estimate of drug-likeness (QED) is 0.268. The highest BCUT2D eigenvalue weighted by atomic mass is 32.2. The third-order valence-electron chi connectivity index (χ3n) is 4.93. The summed E-state index contributed by atoms with van der Waals surface area (Å²) in [7, 11) is 0. The SMILES string of the molecule is CC[C@H](C)OC(=O)CN1C(=O)S/C(=C\c2cc([N+](=O)[O-])ccc2N2CCOCC2)C1=O. The van der Waals surface area contributed by atoms with Crippen molar-refractivity contribution in [1.29, 1.82) is 0 Å². The summed E-state index contributed by atoms with van der Waals surface area (Å²) in [5.41, 5.74) is 1.03. The number of nitro groups is 1. The molecule has 0 aromatic heterocycles. The average molecular weight is 449 g/mol. The molecule has 2 aliphatic rings. The number of hydrogen-bond acceptors (Lipinski definition) is 9. The summed E-state index contributed by atoms with van der Waals surface area (Å²) >= 11 is 0.691. The molecular weight excluding hydrogens is 426 g/mol. The van der Waals surface area contributed by atoms with Crippen LogP contribution in [0.2, 0.25) is 0 Å². The molecule has 1 aromatic carbocycles. The highest BCUT2D eigenvalue weighted by molar-refractivity contribution is 8.18. The Morgan fingerprint density at radius 2 is 2.06 bits per heavy atom. The molecule has 2 fully saturated rings. The van der Waals surface area contributed by atoms with Crippen molar-refractivity contribution in [3.8, 4) is 0 Å². The Balaban J connectivity index is 1.87. The van der Waals surface area contributed by atoms with E-state index in [1.54, 1.807) is 13.0 Å². The van der Waals surface area contributed by atoms with E-state index in [-0.39, 0.29) is 16.7 Å². The predicted octanol–water partition coefficient (Wildman–Crippen LogP) is 2.81. The van der Waals surface area contributed by atoms with Crippen LogP contribution in [0.5, 0.6) is 0 Å². The first-order valence-corrected chi connectivity index (χ1v) is 10.7. The molecule has 0 N–H and O–H groups in total. The first kappa shape index (κ1) is 22.8. The van der Waals surface area contributed by atoms with E-state index in [0.717, 1.165) is 4.90 Å². The maximum absolute atomic E-state index is 12.8. The number of thioether (sulfide) groups is 1. The zero-order chi connectivity index (χ0) is 22.5. The first-order valence-electron chi connectivity index (χ1n) is 9.86. The molecule has 1 aromatic rings. The standard InChI is InChI=1S/C20H23N3O7S/c1-3-13(2)30-18(24)12-22-19(25)17(31-20(22)26)11-14-10-15(23(27)28)4-5-16(14)21-6-8-29-9-7-21/h4-5,10-11,13H,3,6-9,12H2,1-2H3/b17-11-/t13-/m0/s1. The van der Waals surface area contributed by atoms with Crippen LogP contribution in [0.3, 0.4) is 0 Å². The third kappa shape index (κ3) is 5.42. The molecule has 31 heavy (non-hydrogen) atoms. The van der Waals surface area contributed by atoms with E-state index in [4.69, 9.17) is 9.47 Å². The highest BCUT2D eigenvalue weighted by Crippen LogP contribution is 2.35. The number of esters is 1. The molecule has 2 amide bonds. The molecule has 11 heteroatoms. The Bertz CT molecular complexity index is 927. The van der Waals surface area contributed by atoms with Gasteiger partial charge in [0, 0.05) is 36.5 Å². The van der Waals surface area contributed by atoms with Crippen molar-refractivity contribution in [3.05, 3.63) is 38.8 Å². The van der Waals surface area contributed by atoms with E-state index in [2.05, 4.69) is 0 Å². The Hall–Kier alpha value is -2.92. The fourth-order valence-corrected chi connectivity index (χ4v) is 3.94. The van der Waals surface area contributed by atoms with Crippen molar-refractivity contribution < 1.29 is 28.8 Å². The molecule has 3 rings (SSSR count). The Labute approximate surface area is 183 Å². The number of nitro benzene ring substituents is 1. The van der Waals surface area contributed by atoms with Crippen molar-refractivity contribution in [2.45, 2.75) is 26.4 Å². The zero-order valence-electron chi connectivity index (χ0n) is 17.2. The van der Waals surface area contributed by atoms with Gasteiger partial charge >= 0.3 is 5.97 Å². The number of benzene rings is 1. The van der Waals surface area contributed by atoms with Crippen LogP contribution in [-0.4, -0.2) is 65.9 Å². The molecule has 166 valence electrons. The van der Waals surface area contributed by atoms with E-state index in [9.17, 15) is 24.5 Å². The monoisotopic (exact) mass is 449 g/mol. The molecular formula is C20H23N3O7S. The number of non-ortho nitro benzene ring substituents is 1. The van der Waals surface area contributed by atoms with Gasteiger partial charge in [-0.2, -0.15) is 0 Å². The van der Waals surface area contributed by atoms with E-state index in [0.29, 0.717) is 55.7 Å². The molecule has 0 saturated carbocycles. The van der Waals surface area contributed by atoms with Crippen LogP contribution in [-0.2, 0) is 19.1 Å². The van der Waals surface area contributed by atoms with Gasteiger partial charge in [-0.15, -0.1) is 0 Å². The predicted molar refractivity (Wildman–Crippen MR) is 115 cm³/mol. The summed E-state index contributed by atoms with van der Waals surface area (Å²) < 4.78 is 10.5. The minimum absolute atomic E-state index is 0.0938. The molecule has 0 radical (unpaired) electrons. The Morgan fingerprint density at radius 1 is 1.35 bits per heavy atom. The van der Waals surface area contributed by atoms with E-state index < -0.39 is 28.6 Å². The lowest BCUT2D eigenvalue weighted by atomic mass is 10.1. The molecule has 0 spiro atoms. The van der Waals surface area contributed by atoms with Gasteiger partial charge in [0.05, 0.1) is 29.1 Å². The maximum Gasteiger partial charge on any atom is 0.326 e. The molecule has 2 heterocycles. The minimum Gasteiger partial charge on any atom is -0.461 e. The smallest absolute Gasteiger partial charge is 0.326 e. The molecule has 0 unspecified atom stereocenters. The fraction of sp³-hybridized carbons (Fsp3) is 0.450. The van der Waals surface area contributed by atoms with Gasteiger partial charge in [0.15, 0.2) is 0 Å². The van der Waals surface area contributed by atoms with Crippen LogP contribution in [0.25, 0.3) is 6.08 Å². The van der Waals surface area contributed by atoms with E-state index in [1.807, 2.05) is 11.8 Å². The van der Waals surface area contributed by atoms with Gasteiger partial charge in [0.1, 0.15) is 6.54 Å². The second-order valence-electron chi connectivity index (χ2n) is 7.08. The van der Waals surface area contributed by atoms with E-state index >= 15 is 0 Å². The van der Waals surface area contributed by atoms with Gasteiger partial charge in [-0.3, -0.25) is 29.4 Å². The largest absolute Gasteiger partial charge is 0.461 e. The van der Waals surface area contributed by atoms with Gasteiger partial charge in [-0.1, -0.05) is 6.92 Å². The molecule has 0 bridgehead atoms. The fourth-order valence-electron chi connectivity index (χ4n) is 3.11. The van der Waals surface area contributed by atoms with Gasteiger partial charge in [-0.25, -0.2) is 0 Å². The van der Waals surface area contributed by atoms with Crippen molar-refractivity contribution in [2.75, 3.05) is 37.7 Å². The normalized spacial score (nSPS) is 19.1. The Kier molecular flexibility index (Phi) is 7.29. The number of hydrogen-bond donors (Lipinski definition) is 0. The number of morpholine rings is 1. The number of rotatable bonds is 7. The van der Waals surface area contributed by atoms with Crippen LogP contribution < -0.4 is 4.90 Å². The Morgan fingerprint density at radius 3 is 2.71 bits per heavy atom. The lowest BCUT2D eigenvalue weighted by Gasteiger charge is -2.30. The summed E-state index contributed by atoms with van der Waals surface area (Å²) in [5, 5.41) is 10.7. The van der Waals surface area contributed by atoms with Crippen LogP contribution in [0.1, 0.15) is 25.8 Å². The maximum atomic E-state index is 12.8. The zero-order valence-corrected chi connectivity index (χ0v) is 18.1. The van der Waals surface area contributed by atoms with E-state index in [1.165, 1.54) is 18.2 Å². The summed E-state index contributed by atoms with van der Waals surface area (Å²) in [5.74, 6) is -1.29. The third-order valence-corrected chi connectivity index (χ3v) is 5.84. The van der Waals surface area contributed by atoms with Crippen LogP contribution >= 0.6 is 11.8 Å². The van der Waals surface area contributed by atoms with Gasteiger partial charge in [0.25, 0.3) is 16.8 Å². The van der Waals surface area contributed by atoms with Crippen LogP contribution in [0.4, 0.5) is 16.2 Å². The molecule has 1 atom stereocenters. The van der Waals surface area contributed by atoms with Crippen molar-refractivity contribution >= 4 is 46.3 Å². The van der Waals surface area contributed by atoms with Crippen LogP contribution in [0, 0.1) is 10.1 Å². The van der Waals surface area contributed by atoms with Crippen molar-refractivity contribution in [3.63, 3.8) is 0 Å². The number of nitrogens with zero attached hydrogens (tertiary/aromatic N) is 3. The lowest BCUT2D eigenvalue weighted by molar-refractivity contribution is -0.384. The number of carbonyl (C=O) groups excluding carboxylic acids is 3. The topological polar surface area (TPSA) is 119 Å². The first-order chi connectivity index (χ1) is 14.8. The minimum atomic E-state index is -0.665. The number of amides is 2.